The van der Waals surface area contributed by atoms with Crippen molar-refractivity contribution in [1.29, 1.82) is 0 Å². The third-order valence-corrected chi connectivity index (χ3v) is 5.13. The largest absolute Gasteiger partial charge is 0.507 e. The number of pyridine rings is 1. The predicted molar refractivity (Wildman–Crippen MR) is 88.8 cm³/mol. The summed E-state index contributed by atoms with van der Waals surface area (Å²) >= 11 is 0. The van der Waals surface area contributed by atoms with Gasteiger partial charge in [-0.05, 0) is 43.7 Å². The highest BCUT2D eigenvalue weighted by atomic mass is 19.1. The quantitative estimate of drug-likeness (QED) is 0.924. The molecule has 1 aromatic carbocycles. The second kappa shape index (κ2) is 4.98. The molecule has 1 saturated heterocycles. The van der Waals surface area contributed by atoms with Crippen molar-refractivity contribution in [2.24, 2.45) is 5.92 Å². The van der Waals surface area contributed by atoms with Crippen molar-refractivity contribution < 1.29 is 9.50 Å². The van der Waals surface area contributed by atoms with E-state index in [0.717, 1.165) is 37.9 Å². The van der Waals surface area contributed by atoms with Gasteiger partial charge in [-0.25, -0.2) is 4.39 Å². The minimum atomic E-state index is -0.319. The lowest BCUT2D eigenvalue weighted by Gasteiger charge is -2.24. The summed E-state index contributed by atoms with van der Waals surface area (Å²) in [6.07, 6.45) is 2.98. The van der Waals surface area contributed by atoms with E-state index in [9.17, 15) is 14.3 Å². The first-order valence-corrected chi connectivity index (χ1v) is 8.29. The van der Waals surface area contributed by atoms with Crippen LogP contribution in [0.2, 0.25) is 0 Å². The number of hydrogen-bond acceptors (Lipinski definition) is 3. The van der Waals surface area contributed by atoms with Gasteiger partial charge in [0, 0.05) is 30.6 Å². The summed E-state index contributed by atoms with van der Waals surface area (Å²) in [7, 11) is 0. The smallest absolute Gasteiger partial charge is 0.255 e. The van der Waals surface area contributed by atoms with Crippen LogP contribution in [-0.4, -0.2) is 22.8 Å². The molecule has 1 aliphatic heterocycles. The maximum atomic E-state index is 14.7. The molecule has 0 unspecified atom stereocenters. The number of halogens is 1. The zero-order valence-electron chi connectivity index (χ0n) is 13.5. The van der Waals surface area contributed by atoms with Crippen LogP contribution in [0.4, 0.5) is 10.1 Å². The molecule has 2 aromatic rings. The minimum Gasteiger partial charge on any atom is -0.507 e. The Kier molecular flexibility index (Phi) is 3.15. The monoisotopic (exact) mass is 316 g/mol. The molecule has 1 saturated carbocycles. The fraction of sp³-hybridized carbons (Fsp3) is 0.500. The molecule has 0 radical (unpaired) electrons. The average Bonchev–Trinajstić information content (AvgIpc) is 3.23. The summed E-state index contributed by atoms with van der Waals surface area (Å²) in [4.78, 5) is 14.4. The van der Waals surface area contributed by atoms with Crippen LogP contribution in [0.1, 0.15) is 37.8 Å². The molecule has 2 aliphatic rings. The number of aromatic hydroxyl groups is 1. The highest BCUT2D eigenvalue weighted by Crippen LogP contribution is 2.41. The molecule has 4 nitrogen and oxygen atoms in total. The maximum Gasteiger partial charge on any atom is 0.255 e. The second-order valence-corrected chi connectivity index (χ2v) is 7.04. The average molecular weight is 316 g/mol. The van der Waals surface area contributed by atoms with Gasteiger partial charge in [0.15, 0.2) is 0 Å². The number of aromatic nitrogens is 1. The van der Waals surface area contributed by atoms with Crippen molar-refractivity contribution in [3.63, 3.8) is 0 Å². The molecule has 0 bridgehead atoms. The first kappa shape index (κ1) is 14.5. The normalized spacial score (nSPS) is 21.3. The van der Waals surface area contributed by atoms with E-state index in [-0.39, 0.29) is 23.2 Å². The van der Waals surface area contributed by atoms with E-state index in [1.165, 1.54) is 12.1 Å². The van der Waals surface area contributed by atoms with Crippen LogP contribution in [-0.2, 0) is 0 Å². The molecule has 1 aliphatic carbocycles. The second-order valence-electron chi connectivity index (χ2n) is 7.04. The number of benzene rings is 1. The third-order valence-electron chi connectivity index (χ3n) is 5.13. The van der Waals surface area contributed by atoms with Crippen molar-refractivity contribution in [3.05, 3.63) is 33.9 Å². The Labute approximate surface area is 134 Å². The molecule has 2 heterocycles. The van der Waals surface area contributed by atoms with Crippen molar-refractivity contribution >= 4 is 16.6 Å². The minimum absolute atomic E-state index is 0.134. The molecule has 23 heavy (non-hydrogen) atoms. The van der Waals surface area contributed by atoms with E-state index in [1.54, 1.807) is 4.57 Å². The van der Waals surface area contributed by atoms with E-state index in [1.807, 2.05) is 6.92 Å². The molecule has 122 valence electrons. The maximum absolute atomic E-state index is 14.7. The van der Waals surface area contributed by atoms with E-state index in [4.69, 9.17) is 0 Å². The van der Waals surface area contributed by atoms with Gasteiger partial charge in [-0.3, -0.25) is 4.79 Å². The third kappa shape index (κ3) is 2.21. The number of anilines is 1. The molecule has 0 amide bonds. The standard InChI is InChI=1S/C18H21FN2O2/c1-10-5-6-20(9-10)18-11(2)17-13(7-14(18)19)15(22)8-16(23)21(17)12-3-4-12/h7-8,10,12,22H,3-6,9H2,1-2H3/t10-/m0/s1. The molecule has 1 aromatic heterocycles. The van der Waals surface area contributed by atoms with Crippen LogP contribution in [0.15, 0.2) is 16.9 Å². The van der Waals surface area contributed by atoms with Crippen LogP contribution in [0.5, 0.6) is 5.75 Å². The van der Waals surface area contributed by atoms with Crippen molar-refractivity contribution in [2.45, 2.75) is 39.2 Å². The van der Waals surface area contributed by atoms with Gasteiger partial charge in [0.05, 0.1) is 11.2 Å². The zero-order valence-corrected chi connectivity index (χ0v) is 13.5. The molecule has 1 atom stereocenters. The lowest BCUT2D eigenvalue weighted by Crippen LogP contribution is -2.24. The number of aryl methyl sites for hydroxylation is 1. The first-order chi connectivity index (χ1) is 11.0. The van der Waals surface area contributed by atoms with Crippen LogP contribution in [0.25, 0.3) is 10.9 Å². The SMILES string of the molecule is Cc1c(N2CC[C@H](C)C2)c(F)cc2c(O)cc(=O)n(C3CC3)c12. The highest BCUT2D eigenvalue weighted by molar-refractivity contribution is 5.92. The Bertz CT molecular complexity index is 854. The Morgan fingerprint density at radius 1 is 1.26 bits per heavy atom. The first-order valence-electron chi connectivity index (χ1n) is 8.29. The van der Waals surface area contributed by atoms with Crippen molar-refractivity contribution in [1.82, 2.24) is 4.57 Å². The Morgan fingerprint density at radius 3 is 2.61 bits per heavy atom. The molecular formula is C18H21FN2O2. The highest BCUT2D eigenvalue weighted by Gasteiger charge is 2.30. The van der Waals surface area contributed by atoms with Gasteiger partial charge in [-0.2, -0.15) is 0 Å². The van der Waals surface area contributed by atoms with Crippen LogP contribution < -0.4 is 10.5 Å². The van der Waals surface area contributed by atoms with E-state index >= 15 is 0 Å². The van der Waals surface area contributed by atoms with Gasteiger partial charge in [-0.15, -0.1) is 0 Å². The van der Waals surface area contributed by atoms with Crippen molar-refractivity contribution in [2.75, 3.05) is 18.0 Å². The van der Waals surface area contributed by atoms with E-state index in [2.05, 4.69) is 11.8 Å². The summed E-state index contributed by atoms with van der Waals surface area (Å²) in [5, 5.41) is 10.6. The van der Waals surface area contributed by atoms with Gasteiger partial charge in [0.25, 0.3) is 5.56 Å². The Hall–Kier alpha value is -2.04. The molecule has 5 heteroatoms. The molecule has 1 N–H and O–H groups in total. The number of nitrogens with zero attached hydrogens (tertiary/aromatic N) is 2. The summed E-state index contributed by atoms with van der Waals surface area (Å²) in [5.41, 5.74) is 1.83. The predicted octanol–water partition coefficient (Wildman–Crippen LogP) is 3.34. The fourth-order valence-corrected chi connectivity index (χ4v) is 3.86. The summed E-state index contributed by atoms with van der Waals surface area (Å²) in [6.45, 7) is 5.69. The Morgan fingerprint density at radius 2 is 2.00 bits per heavy atom. The van der Waals surface area contributed by atoms with Gasteiger partial charge >= 0.3 is 0 Å². The van der Waals surface area contributed by atoms with Crippen molar-refractivity contribution in [3.8, 4) is 5.75 Å². The van der Waals surface area contributed by atoms with Gasteiger partial charge in [0.1, 0.15) is 11.6 Å². The molecule has 2 fully saturated rings. The molecule has 0 spiro atoms. The summed E-state index contributed by atoms with van der Waals surface area (Å²) in [6, 6.07) is 2.77. The summed E-state index contributed by atoms with van der Waals surface area (Å²) < 4.78 is 16.5. The lowest BCUT2D eigenvalue weighted by atomic mass is 10.1. The number of hydrogen-bond donors (Lipinski definition) is 1. The van der Waals surface area contributed by atoms with Crippen LogP contribution in [0.3, 0.4) is 0 Å². The fourth-order valence-electron chi connectivity index (χ4n) is 3.86. The van der Waals surface area contributed by atoms with Gasteiger partial charge in [0.2, 0.25) is 0 Å². The number of fused-ring (bicyclic) bond motifs is 1. The van der Waals surface area contributed by atoms with E-state index < -0.39 is 0 Å². The van der Waals surface area contributed by atoms with E-state index in [0.29, 0.717) is 22.5 Å². The van der Waals surface area contributed by atoms with Crippen LogP contribution >= 0.6 is 0 Å². The van der Waals surface area contributed by atoms with Crippen LogP contribution in [0, 0.1) is 18.7 Å². The molecular weight excluding hydrogens is 295 g/mol. The zero-order chi connectivity index (χ0) is 16.3. The van der Waals surface area contributed by atoms with Gasteiger partial charge < -0.3 is 14.6 Å². The van der Waals surface area contributed by atoms with Gasteiger partial charge in [-0.1, -0.05) is 6.92 Å². The lowest BCUT2D eigenvalue weighted by molar-refractivity contribution is 0.478. The Balaban J connectivity index is 2.02. The summed E-state index contributed by atoms with van der Waals surface area (Å²) in [5.74, 6) is 0.0879. The molecule has 4 rings (SSSR count). The topological polar surface area (TPSA) is 45.5 Å². The number of rotatable bonds is 2.